The minimum atomic E-state index is -1.60. The third kappa shape index (κ3) is 34.8. The molecule has 0 saturated carbocycles. The maximum Gasteiger partial charge on any atom is 0.249 e. The lowest BCUT2D eigenvalue weighted by atomic mass is 9.99. The fourth-order valence-electron chi connectivity index (χ4n) is 9.08. The fourth-order valence-corrected chi connectivity index (χ4v) is 9.08. The number of hydrogen-bond donors (Lipinski definition) is 7. The van der Waals surface area contributed by atoms with Gasteiger partial charge in [-0.1, -0.05) is 244 Å². The van der Waals surface area contributed by atoms with Crippen molar-refractivity contribution >= 4 is 5.91 Å². The van der Waals surface area contributed by atoms with Crippen LogP contribution in [0.4, 0.5) is 0 Å². The minimum Gasteiger partial charge on any atom is -0.394 e. The number of hydrogen-bond acceptors (Lipinski definition) is 9. The van der Waals surface area contributed by atoms with Gasteiger partial charge in [0.05, 0.1) is 25.4 Å². The quantitative estimate of drug-likeness (QED) is 0.0232. The van der Waals surface area contributed by atoms with E-state index in [1.807, 2.05) is 0 Å². The topological polar surface area (TPSA) is 169 Å². The van der Waals surface area contributed by atoms with E-state index < -0.39 is 61.5 Å². The van der Waals surface area contributed by atoms with Crippen LogP contribution in [0, 0.1) is 0 Å². The summed E-state index contributed by atoms with van der Waals surface area (Å²) in [5.74, 6) is -0.583. The van der Waals surface area contributed by atoms with Crippen molar-refractivity contribution in [1.82, 2.24) is 5.32 Å². The summed E-state index contributed by atoms with van der Waals surface area (Å²) < 4.78 is 11.2. The zero-order chi connectivity index (χ0) is 48.1. The molecule has 0 aliphatic carbocycles. The number of nitrogens with one attached hydrogen (secondary N) is 1. The molecule has 0 aromatic rings. The van der Waals surface area contributed by atoms with Gasteiger partial charge in [-0.2, -0.15) is 0 Å². The van der Waals surface area contributed by atoms with Gasteiger partial charge < -0.3 is 45.4 Å². The average Bonchev–Trinajstić information content (AvgIpc) is 3.32. The van der Waals surface area contributed by atoms with Crippen molar-refractivity contribution in [1.29, 1.82) is 0 Å². The van der Waals surface area contributed by atoms with Crippen LogP contribution in [-0.2, 0) is 14.3 Å². The van der Waals surface area contributed by atoms with Gasteiger partial charge in [0.1, 0.15) is 30.5 Å². The van der Waals surface area contributed by atoms with Gasteiger partial charge in [0, 0.05) is 0 Å². The van der Waals surface area contributed by atoms with E-state index in [-0.39, 0.29) is 6.61 Å². The predicted octanol–water partition coefficient (Wildman–Crippen LogP) is 12.4. The molecule has 390 valence electrons. The van der Waals surface area contributed by atoms with Gasteiger partial charge in [-0.3, -0.25) is 4.79 Å². The molecule has 0 aromatic carbocycles. The Hall–Kier alpha value is -1.37. The van der Waals surface area contributed by atoms with E-state index in [2.05, 4.69) is 43.5 Å². The third-order valence-electron chi connectivity index (χ3n) is 13.7. The van der Waals surface area contributed by atoms with Gasteiger partial charge in [-0.05, 0) is 44.9 Å². The number of allylic oxidation sites excluding steroid dienone is 4. The predicted molar refractivity (Wildman–Crippen MR) is 273 cm³/mol. The van der Waals surface area contributed by atoms with Gasteiger partial charge in [-0.15, -0.1) is 0 Å². The Morgan fingerprint density at radius 2 is 0.894 bits per heavy atom. The van der Waals surface area contributed by atoms with Crippen LogP contribution in [0.15, 0.2) is 24.3 Å². The first kappa shape index (κ1) is 62.6. The Balaban J connectivity index is 2.24. The molecule has 8 atom stereocenters. The first-order valence-corrected chi connectivity index (χ1v) is 28.1. The Morgan fingerprint density at radius 3 is 1.30 bits per heavy atom. The van der Waals surface area contributed by atoms with Crippen molar-refractivity contribution in [2.24, 2.45) is 0 Å². The number of carbonyl (C=O) groups excluding carboxylic acids is 1. The molecule has 1 heterocycles. The lowest BCUT2D eigenvalue weighted by molar-refractivity contribution is -0.302. The van der Waals surface area contributed by atoms with Crippen molar-refractivity contribution in [2.75, 3.05) is 13.2 Å². The van der Waals surface area contributed by atoms with Gasteiger partial charge in [-0.25, -0.2) is 0 Å². The lowest BCUT2D eigenvalue weighted by Gasteiger charge is -2.40. The highest BCUT2D eigenvalue weighted by atomic mass is 16.7. The van der Waals surface area contributed by atoms with E-state index in [9.17, 15) is 35.4 Å². The number of aliphatic hydroxyl groups is 6. The van der Waals surface area contributed by atoms with Crippen molar-refractivity contribution in [3.8, 4) is 0 Å². The number of amides is 1. The Bertz CT molecular complexity index is 1110. The summed E-state index contributed by atoms with van der Waals surface area (Å²) in [7, 11) is 0. The molecule has 8 unspecified atom stereocenters. The van der Waals surface area contributed by atoms with Crippen LogP contribution in [-0.4, -0.2) is 98.7 Å². The summed E-state index contributed by atoms with van der Waals surface area (Å²) >= 11 is 0. The zero-order valence-electron chi connectivity index (χ0n) is 42.8. The summed E-state index contributed by atoms with van der Waals surface area (Å²) in [6, 6.07) is -0.894. The highest BCUT2D eigenvalue weighted by Crippen LogP contribution is 2.23. The van der Waals surface area contributed by atoms with Crippen molar-refractivity contribution in [2.45, 2.75) is 313 Å². The molecule has 1 aliphatic rings. The largest absolute Gasteiger partial charge is 0.394 e. The average molecular weight is 938 g/mol. The SMILES string of the molecule is CCCCCCCCCCC/C=C\C/C=C\CCCCCCCCCCCCC(O)C(=O)NC(COC1OC(CO)C(O)C(O)C1O)C(O)CCCCCCCCCCCCCCCCC. The molecule has 1 amide bonds. The van der Waals surface area contributed by atoms with Crippen molar-refractivity contribution < 1.29 is 44.9 Å². The van der Waals surface area contributed by atoms with Crippen LogP contribution >= 0.6 is 0 Å². The van der Waals surface area contributed by atoms with Gasteiger partial charge in [0.2, 0.25) is 5.91 Å². The van der Waals surface area contributed by atoms with Crippen LogP contribution in [0.5, 0.6) is 0 Å². The summed E-state index contributed by atoms with van der Waals surface area (Å²) in [6.45, 7) is 3.69. The molecule has 0 bridgehead atoms. The van der Waals surface area contributed by atoms with Crippen molar-refractivity contribution in [3.63, 3.8) is 0 Å². The normalized spacial score (nSPS) is 20.4. The van der Waals surface area contributed by atoms with Crippen LogP contribution in [0.3, 0.4) is 0 Å². The molecule has 0 spiro atoms. The fraction of sp³-hybridized carbons (Fsp3) is 0.911. The highest BCUT2D eigenvalue weighted by Gasteiger charge is 2.44. The molecular formula is C56H107NO9. The second kappa shape index (κ2) is 46.0. The number of rotatable bonds is 48. The van der Waals surface area contributed by atoms with Gasteiger partial charge >= 0.3 is 0 Å². The standard InChI is InChI=1S/C56H107NO9/c1-3-5-7-9-11-13-15-17-19-20-21-22-23-24-25-26-27-28-29-31-33-35-37-39-41-43-45-50(60)55(64)57-48(47-65-56-54(63)53(62)52(61)51(46-58)66-56)49(59)44-42-40-38-36-34-32-30-18-16-14-12-10-8-6-4-2/h21-22,24-25,48-54,56,58-63H,3-20,23,26-47H2,1-2H3,(H,57,64)/b22-21-,25-24-. The van der Waals surface area contributed by atoms with E-state index in [0.717, 1.165) is 57.8 Å². The molecule has 1 fully saturated rings. The van der Waals surface area contributed by atoms with E-state index in [1.165, 1.54) is 180 Å². The molecular weight excluding hydrogens is 831 g/mol. The number of carbonyl (C=O) groups is 1. The monoisotopic (exact) mass is 938 g/mol. The Labute approximate surface area is 405 Å². The summed E-state index contributed by atoms with van der Waals surface area (Å²) in [5.41, 5.74) is 0. The lowest BCUT2D eigenvalue weighted by Crippen LogP contribution is -2.60. The molecule has 10 heteroatoms. The van der Waals surface area contributed by atoms with E-state index in [1.54, 1.807) is 0 Å². The van der Waals surface area contributed by atoms with Crippen molar-refractivity contribution in [3.05, 3.63) is 24.3 Å². The van der Waals surface area contributed by atoms with Gasteiger partial charge in [0.25, 0.3) is 0 Å². The first-order valence-electron chi connectivity index (χ1n) is 28.1. The number of ether oxygens (including phenoxy) is 2. The number of aliphatic hydroxyl groups excluding tert-OH is 6. The van der Waals surface area contributed by atoms with Crippen LogP contribution < -0.4 is 5.32 Å². The molecule has 1 aliphatic heterocycles. The van der Waals surface area contributed by atoms with Crippen LogP contribution in [0.25, 0.3) is 0 Å². The molecule has 1 rings (SSSR count). The first-order chi connectivity index (χ1) is 32.3. The van der Waals surface area contributed by atoms with E-state index in [0.29, 0.717) is 12.8 Å². The zero-order valence-corrected chi connectivity index (χ0v) is 42.8. The van der Waals surface area contributed by atoms with Crippen LogP contribution in [0.2, 0.25) is 0 Å². The molecule has 1 saturated heterocycles. The summed E-state index contributed by atoms with van der Waals surface area (Å²) in [5, 5.41) is 65.1. The molecule has 10 nitrogen and oxygen atoms in total. The van der Waals surface area contributed by atoms with E-state index >= 15 is 0 Å². The third-order valence-corrected chi connectivity index (χ3v) is 13.7. The molecule has 7 N–H and O–H groups in total. The van der Waals surface area contributed by atoms with Crippen LogP contribution in [0.1, 0.15) is 264 Å². The molecule has 0 aromatic heterocycles. The smallest absolute Gasteiger partial charge is 0.249 e. The summed E-state index contributed by atoms with van der Waals surface area (Å²) in [6.07, 6.45) is 46.6. The Morgan fingerprint density at radius 1 is 0.515 bits per heavy atom. The van der Waals surface area contributed by atoms with E-state index in [4.69, 9.17) is 9.47 Å². The molecule has 66 heavy (non-hydrogen) atoms. The minimum absolute atomic E-state index is 0.255. The maximum atomic E-state index is 13.1. The number of unbranched alkanes of at least 4 members (excludes halogenated alkanes) is 33. The second-order valence-corrected chi connectivity index (χ2v) is 19.9. The molecule has 0 radical (unpaired) electrons. The van der Waals surface area contributed by atoms with Gasteiger partial charge in [0.15, 0.2) is 6.29 Å². The summed E-state index contributed by atoms with van der Waals surface area (Å²) in [4.78, 5) is 13.1. The maximum absolute atomic E-state index is 13.1. The Kier molecular flexibility index (Phi) is 43.7. The highest BCUT2D eigenvalue weighted by molar-refractivity contribution is 5.80. The second-order valence-electron chi connectivity index (χ2n) is 19.9.